The lowest BCUT2D eigenvalue weighted by Crippen LogP contribution is -1.97. The van der Waals surface area contributed by atoms with Crippen molar-refractivity contribution >= 4 is 39.0 Å². The number of hydrogen-bond donors (Lipinski definition) is 1. The SMILES string of the molecule is CSCCCC(O)c1nc(Br)cs1. The lowest BCUT2D eigenvalue weighted by molar-refractivity contribution is 0.166. The minimum atomic E-state index is -0.386. The van der Waals surface area contributed by atoms with Gasteiger partial charge >= 0.3 is 0 Å². The third-order valence-electron chi connectivity index (χ3n) is 1.61. The first kappa shape index (κ1) is 11.5. The van der Waals surface area contributed by atoms with E-state index in [0.29, 0.717) is 0 Å². The molecule has 0 aliphatic heterocycles. The average Bonchev–Trinajstić information content (AvgIpc) is 2.52. The Balaban J connectivity index is 2.35. The molecule has 0 aliphatic carbocycles. The van der Waals surface area contributed by atoms with Crippen molar-refractivity contribution in [3.63, 3.8) is 0 Å². The summed E-state index contributed by atoms with van der Waals surface area (Å²) in [7, 11) is 0. The zero-order valence-electron chi connectivity index (χ0n) is 7.36. The molecule has 0 radical (unpaired) electrons. The highest BCUT2D eigenvalue weighted by Gasteiger charge is 2.10. The number of thiazole rings is 1. The highest BCUT2D eigenvalue weighted by Crippen LogP contribution is 2.24. The molecule has 0 aliphatic rings. The van der Waals surface area contributed by atoms with Gasteiger partial charge in [0.2, 0.25) is 0 Å². The summed E-state index contributed by atoms with van der Waals surface area (Å²) < 4.78 is 0.816. The molecule has 0 saturated heterocycles. The molecule has 1 rings (SSSR count). The van der Waals surface area contributed by atoms with E-state index in [-0.39, 0.29) is 6.10 Å². The maximum Gasteiger partial charge on any atom is 0.123 e. The molecule has 0 spiro atoms. The molecule has 74 valence electrons. The third-order valence-corrected chi connectivity index (χ3v) is 3.96. The Bertz CT molecular complexity index is 254. The third kappa shape index (κ3) is 3.97. The molecule has 1 heterocycles. The number of nitrogens with zero attached hydrogens (tertiary/aromatic N) is 1. The fraction of sp³-hybridized carbons (Fsp3) is 0.625. The van der Waals surface area contributed by atoms with Crippen molar-refractivity contribution in [3.05, 3.63) is 15.0 Å². The van der Waals surface area contributed by atoms with Crippen LogP contribution in [-0.4, -0.2) is 22.1 Å². The van der Waals surface area contributed by atoms with E-state index in [0.717, 1.165) is 28.2 Å². The molecule has 5 heteroatoms. The van der Waals surface area contributed by atoms with Crippen LogP contribution in [0.1, 0.15) is 24.0 Å². The monoisotopic (exact) mass is 281 g/mol. The van der Waals surface area contributed by atoms with Gasteiger partial charge in [0.05, 0.1) is 0 Å². The van der Waals surface area contributed by atoms with Gasteiger partial charge in [-0.05, 0) is 40.8 Å². The van der Waals surface area contributed by atoms with Crippen molar-refractivity contribution in [2.45, 2.75) is 18.9 Å². The van der Waals surface area contributed by atoms with Crippen molar-refractivity contribution < 1.29 is 5.11 Å². The highest BCUT2D eigenvalue weighted by molar-refractivity contribution is 9.10. The minimum Gasteiger partial charge on any atom is -0.386 e. The first-order chi connectivity index (χ1) is 6.24. The zero-order valence-corrected chi connectivity index (χ0v) is 10.6. The molecule has 0 aromatic carbocycles. The highest BCUT2D eigenvalue weighted by atomic mass is 79.9. The van der Waals surface area contributed by atoms with E-state index in [1.54, 1.807) is 11.8 Å². The standard InChI is InChI=1S/C8H12BrNOS2/c1-12-4-2-3-6(11)8-10-7(9)5-13-8/h5-6,11H,2-4H2,1H3. The lowest BCUT2D eigenvalue weighted by Gasteiger charge is -2.05. The Labute approximate surface area is 94.9 Å². The van der Waals surface area contributed by atoms with E-state index in [9.17, 15) is 5.11 Å². The van der Waals surface area contributed by atoms with E-state index in [1.165, 1.54) is 11.3 Å². The normalized spacial score (nSPS) is 13.2. The first-order valence-electron chi connectivity index (χ1n) is 4.02. The summed E-state index contributed by atoms with van der Waals surface area (Å²) in [4.78, 5) is 4.17. The summed E-state index contributed by atoms with van der Waals surface area (Å²) in [5.74, 6) is 1.10. The number of aliphatic hydroxyl groups is 1. The van der Waals surface area contributed by atoms with Crippen LogP contribution in [0.3, 0.4) is 0 Å². The predicted octanol–water partition coefficient (Wildman–Crippen LogP) is 3.08. The lowest BCUT2D eigenvalue weighted by atomic mass is 10.2. The fourth-order valence-corrected chi connectivity index (χ4v) is 2.71. The second kappa shape index (κ2) is 6.01. The molecule has 1 aromatic heterocycles. The zero-order chi connectivity index (χ0) is 9.68. The molecule has 1 aromatic rings. The molecule has 0 amide bonds. The molecule has 2 nitrogen and oxygen atoms in total. The van der Waals surface area contributed by atoms with Gasteiger partial charge < -0.3 is 5.11 Å². The predicted molar refractivity (Wildman–Crippen MR) is 62.4 cm³/mol. The fourth-order valence-electron chi connectivity index (χ4n) is 0.965. The molecule has 1 atom stereocenters. The molecule has 1 unspecified atom stereocenters. The van der Waals surface area contributed by atoms with Crippen molar-refractivity contribution in [2.24, 2.45) is 0 Å². The molecular weight excluding hydrogens is 270 g/mol. The Kier molecular flexibility index (Phi) is 5.31. The maximum absolute atomic E-state index is 9.68. The second-order valence-corrected chi connectivity index (χ2v) is 5.35. The van der Waals surface area contributed by atoms with E-state index in [2.05, 4.69) is 27.2 Å². The molecule has 13 heavy (non-hydrogen) atoms. The van der Waals surface area contributed by atoms with Crippen molar-refractivity contribution in [1.29, 1.82) is 0 Å². The van der Waals surface area contributed by atoms with Crippen molar-refractivity contribution in [2.75, 3.05) is 12.0 Å². The quantitative estimate of drug-likeness (QED) is 0.842. The van der Waals surface area contributed by atoms with Gasteiger partial charge in [-0.15, -0.1) is 11.3 Å². The first-order valence-corrected chi connectivity index (χ1v) is 7.08. The number of aromatic nitrogens is 1. The van der Waals surface area contributed by atoms with Crippen molar-refractivity contribution in [3.8, 4) is 0 Å². The summed E-state index contributed by atoms with van der Waals surface area (Å²) in [6.07, 6.45) is 3.54. The topological polar surface area (TPSA) is 33.1 Å². The van der Waals surface area contributed by atoms with Crippen LogP contribution in [0.25, 0.3) is 0 Å². The smallest absolute Gasteiger partial charge is 0.123 e. The van der Waals surface area contributed by atoms with Crippen LogP contribution >= 0.6 is 39.0 Å². The van der Waals surface area contributed by atoms with Crippen LogP contribution in [0, 0.1) is 0 Å². The minimum absolute atomic E-state index is 0.386. The largest absolute Gasteiger partial charge is 0.386 e. The maximum atomic E-state index is 9.68. The summed E-state index contributed by atoms with van der Waals surface area (Å²) in [5.41, 5.74) is 0. The van der Waals surface area contributed by atoms with Crippen LogP contribution in [-0.2, 0) is 0 Å². The van der Waals surface area contributed by atoms with Gasteiger partial charge in [0.25, 0.3) is 0 Å². The summed E-state index contributed by atoms with van der Waals surface area (Å²) in [6, 6.07) is 0. The van der Waals surface area contributed by atoms with Gasteiger partial charge in [0.15, 0.2) is 0 Å². The van der Waals surface area contributed by atoms with Gasteiger partial charge in [-0.2, -0.15) is 11.8 Å². The van der Waals surface area contributed by atoms with E-state index in [1.807, 2.05) is 5.38 Å². The number of hydrogen-bond acceptors (Lipinski definition) is 4. The Morgan fingerprint density at radius 3 is 3.08 bits per heavy atom. The second-order valence-electron chi connectivity index (χ2n) is 2.66. The van der Waals surface area contributed by atoms with Gasteiger partial charge in [0, 0.05) is 5.38 Å². The average molecular weight is 282 g/mol. The van der Waals surface area contributed by atoms with Crippen molar-refractivity contribution in [1.82, 2.24) is 4.98 Å². The Hall–Kier alpha value is 0.420. The molecular formula is C8H12BrNOS2. The van der Waals surface area contributed by atoms with Crippen LogP contribution < -0.4 is 0 Å². The van der Waals surface area contributed by atoms with E-state index in [4.69, 9.17) is 0 Å². The van der Waals surface area contributed by atoms with Crippen LogP contribution in [0.2, 0.25) is 0 Å². The summed E-state index contributed by atoms with van der Waals surface area (Å²) >= 11 is 6.57. The van der Waals surface area contributed by atoms with Crippen LogP contribution in [0.5, 0.6) is 0 Å². The van der Waals surface area contributed by atoms with Crippen LogP contribution in [0.4, 0.5) is 0 Å². The van der Waals surface area contributed by atoms with Gasteiger partial charge in [-0.3, -0.25) is 0 Å². The molecule has 0 saturated carbocycles. The molecule has 1 N–H and O–H groups in total. The van der Waals surface area contributed by atoms with E-state index < -0.39 is 0 Å². The van der Waals surface area contributed by atoms with E-state index >= 15 is 0 Å². The number of thioether (sulfide) groups is 1. The molecule has 0 bridgehead atoms. The van der Waals surface area contributed by atoms with Gasteiger partial charge in [-0.25, -0.2) is 4.98 Å². The molecule has 0 fully saturated rings. The van der Waals surface area contributed by atoms with Gasteiger partial charge in [0.1, 0.15) is 15.7 Å². The Morgan fingerprint density at radius 2 is 2.54 bits per heavy atom. The summed E-state index contributed by atoms with van der Waals surface area (Å²) in [5, 5.41) is 12.4. The van der Waals surface area contributed by atoms with Crippen LogP contribution in [0.15, 0.2) is 9.98 Å². The number of halogens is 1. The number of aliphatic hydroxyl groups excluding tert-OH is 1. The Morgan fingerprint density at radius 1 is 1.77 bits per heavy atom. The van der Waals surface area contributed by atoms with Gasteiger partial charge in [-0.1, -0.05) is 0 Å². The number of rotatable bonds is 5. The summed E-state index contributed by atoms with van der Waals surface area (Å²) in [6.45, 7) is 0.